The number of hydrogen-bond donors (Lipinski definition) is 1. The van der Waals surface area contributed by atoms with Gasteiger partial charge in [-0.3, -0.25) is 9.36 Å². The largest absolute Gasteiger partial charge is 0.461 e. The number of nitrogens with zero attached hydrogens (tertiary/aromatic N) is 3. The average molecular weight is 455 g/mol. The topological polar surface area (TPSA) is 73.0 Å². The van der Waals surface area contributed by atoms with E-state index >= 15 is 0 Å². The summed E-state index contributed by atoms with van der Waals surface area (Å²) >= 11 is 4.71. The Balaban J connectivity index is 1.55. The van der Waals surface area contributed by atoms with Gasteiger partial charge < -0.3 is 9.73 Å². The van der Waals surface area contributed by atoms with Crippen molar-refractivity contribution in [2.45, 2.75) is 5.16 Å². The van der Waals surface area contributed by atoms with Crippen LogP contribution < -0.4 is 5.32 Å². The number of para-hydroxylation sites is 1. The highest BCUT2D eigenvalue weighted by Gasteiger charge is 2.18. The summed E-state index contributed by atoms with van der Waals surface area (Å²) < 4.78 is 8.29. The molecule has 0 unspecified atom stereocenters. The van der Waals surface area contributed by atoms with E-state index in [9.17, 15) is 4.79 Å². The van der Waals surface area contributed by atoms with Crippen LogP contribution in [0.1, 0.15) is 0 Å². The predicted molar refractivity (Wildman–Crippen MR) is 113 cm³/mol. The minimum absolute atomic E-state index is 0.120. The molecule has 0 spiro atoms. The molecule has 0 saturated heterocycles. The zero-order chi connectivity index (χ0) is 19.3. The molecule has 140 valence electrons. The fourth-order valence-corrected chi connectivity index (χ4v) is 3.78. The maximum absolute atomic E-state index is 12.4. The Kier molecular flexibility index (Phi) is 5.59. The molecule has 4 rings (SSSR count). The van der Waals surface area contributed by atoms with Crippen molar-refractivity contribution in [2.75, 3.05) is 11.1 Å². The number of furan rings is 1. The summed E-state index contributed by atoms with van der Waals surface area (Å²) in [5, 5.41) is 12.0. The number of carbonyl (C=O) groups is 1. The first-order chi connectivity index (χ1) is 13.7. The van der Waals surface area contributed by atoms with Gasteiger partial charge in [0, 0.05) is 15.8 Å². The SMILES string of the molecule is O=C(CSc1nnc(-c2ccco2)n1-c1ccccc1)Nc1cccc(Br)c1. The van der Waals surface area contributed by atoms with Crippen molar-refractivity contribution >= 4 is 39.3 Å². The highest BCUT2D eigenvalue weighted by atomic mass is 79.9. The summed E-state index contributed by atoms with van der Waals surface area (Å²) in [4.78, 5) is 12.4. The Morgan fingerprint density at radius 2 is 1.93 bits per heavy atom. The van der Waals surface area contributed by atoms with Crippen molar-refractivity contribution in [2.24, 2.45) is 0 Å². The van der Waals surface area contributed by atoms with Crippen LogP contribution in [-0.2, 0) is 4.79 Å². The Morgan fingerprint density at radius 3 is 2.68 bits per heavy atom. The van der Waals surface area contributed by atoms with Crippen molar-refractivity contribution in [1.82, 2.24) is 14.8 Å². The molecule has 1 N–H and O–H groups in total. The lowest BCUT2D eigenvalue weighted by molar-refractivity contribution is -0.113. The van der Waals surface area contributed by atoms with E-state index in [0.717, 1.165) is 15.8 Å². The number of carbonyl (C=O) groups excluding carboxylic acids is 1. The van der Waals surface area contributed by atoms with Gasteiger partial charge in [-0.25, -0.2) is 0 Å². The van der Waals surface area contributed by atoms with Gasteiger partial charge in [0.05, 0.1) is 12.0 Å². The lowest BCUT2D eigenvalue weighted by Crippen LogP contribution is -2.14. The van der Waals surface area contributed by atoms with Crippen molar-refractivity contribution in [1.29, 1.82) is 0 Å². The Morgan fingerprint density at radius 1 is 1.07 bits per heavy atom. The summed E-state index contributed by atoms with van der Waals surface area (Å²) in [6, 6.07) is 20.8. The Labute approximate surface area is 174 Å². The van der Waals surface area contributed by atoms with Gasteiger partial charge in [-0.05, 0) is 42.5 Å². The van der Waals surface area contributed by atoms with E-state index in [4.69, 9.17) is 4.42 Å². The van der Waals surface area contributed by atoms with Crippen molar-refractivity contribution in [3.63, 3.8) is 0 Å². The summed E-state index contributed by atoms with van der Waals surface area (Å²) in [5.41, 5.74) is 1.63. The van der Waals surface area contributed by atoms with Crippen LogP contribution in [0, 0.1) is 0 Å². The number of halogens is 1. The summed E-state index contributed by atoms with van der Waals surface area (Å²) in [6.45, 7) is 0. The molecule has 0 fully saturated rings. The molecular weight excluding hydrogens is 440 g/mol. The molecule has 0 saturated carbocycles. The number of amides is 1. The molecule has 0 atom stereocenters. The molecule has 6 nitrogen and oxygen atoms in total. The minimum Gasteiger partial charge on any atom is -0.461 e. The van der Waals surface area contributed by atoms with E-state index in [-0.39, 0.29) is 11.7 Å². The fraction of sp³-hybridized carbons (Fsp3) is 0.0500. The van der Waals surface area contributed by atoms with E-state index in [2.05, 4.69) is 31.4 Å². The second kappa shape index (κ2) is 8.45. The normalized spacial score (nSPS) is 10.8. The average Bonchev–Trinajstić information content (AvgIpc) is 3.36. The van der Waals surface area contributed by atoms with Crippen molar-refractivity contribution in [3.05, 3.63) is 77.5 Å². The van der Waals surface area contributed by atoms with Crippen LogP contribution in [0.2, 0.25) is 0 Å². The minimum atomic E-state index is -0.120. The van der Waals surface area contributed by atoms with Gasteiger partial charge in [0.2, 0.25) is 11.7 Å². The Bertz CT molecular complexity index is 1080. The highest BCUT2D eigenvalue weighted by molar-refractivity contribution is 9.10. The van der Waals surface area contributed by atoms with Crippen LogP contribution in [0.4, 0.5) is 5.69 Å². The quantitative estimate of drug-likeness (QED) is 0.414. The molecule has 0 aliphatic heterocycles. The van der Waals surface area contributed by atoms with Crippen LogP contribution in [-0.4, -0.2) is 26.4 Å². The molecule has 1 amide bonds. The van der Waals surface area contributed by atoms with Gasteiger partial charge in [0.15, 0.2) is 10.9 Å². The molecule has 2 aromatic heterocycles. The van der Waals surface area contributed by atoms with Crippen LogP contribution in [0.25, 0.3) is 17.3 Å². The van der Waals surface area contributed by atoms with E-state index in [1.165, 1.54) is 11.8 Å². The third-order valence-electron chi connectivity index (χ3n) is 3.83. The van der Waals surface area contributed by atoms with Gasteiger partial charge in [-0.1, -0.05) is 52.0 Å². The number of benzene rings is 2. The number of rotatable bonds is 6. The second-order valence-electron chi connectivity index (χ2n) is 5.80. The number of hydrogen-bond acceptors (Lipinski definition) is 5. The number of thioether (sulfide) groups is 1. The number of anilines is 1. The van der Waals surface area contributed by atoms with E-state index in [1.807, 2.05) is 65.2 Å². The van der Waals surface area contributed by atoms with Gasteiger partial charge in [0.25, 0.3) is 0 Å². The number of nitrogens with one attached hydrogen (secondary N) is 1. The lowest BCUT2D eigenvalue weighted by Gasteiger charge is -2.09. The van der Waals surface area contributed by atoms with E-state index in [0.29, 0.717) is 16.7 Å². The van der Waals surface area contributed by atoms with Crippen LogP contribution in [0.15, 0.2) is 87.0 Å². The number of aromatic nitrogens is 3. The molecule has 0 aliphatic carbocycles. The van der Waals surface area contributed by atoms with Crippen molar-refractivity contribution < 1.29 is 9.21 Å². The smallest absolute Gasteiger partial charge is 0.234 e. The van der Waals surface area contributed by atoms with Gasteiger partial charge in [-0.15, -0.1) is 10.2 Å². The first-order valence-corrected chi connectivity index (χ1v) is 10.2. The Hall–Kier alpha value is -2.84. The van der Waals surface area contributed by atoms with Crippen LogP contribution in [0.5, 0.6) is 0 Å². The maximum Gasteiger partial charge on any atom is 0.234 e. The monoisotopic (exact) mass is 454 g/mol. The van der Waals surface area contributed by atoms with Crippen molar-refractivity contribution in [3.8, 4) is 17.3 Å². The molecule has 8 heteroatoms. The van der Waals surface area contributed by atoms with Crippen LogP contribution in [0.3, 0.4) is 0 Å². The highest BCUT2D eigenvalue weighted by Crippen LogP contribution is 2.28. The molecule has 28 heavy (non-hydrogen) atoms. The van der Waals surface area contributed by atoms with Gasteiger partial charge >= 0.3 is 0 Å². The molecule has 2 heterocycles. The maximum atomic E-state index is 12.4. The summed E-state index contributed by atoms with van der Waals surface area (Å²) in [5.74, 6) is 1.29. The second-order valence-corrected chi connectivity index (χ2v) is 7.66. The fourth-order valence-electron chi connectivity index (χ4n) is 2.63. The standard InChI is InChI=1S/C20H15BrN4O2S/c21-14-6-4-7-15(12-14)22-18(26)13-28-20-24-23-19(17-10-5-11-27-17)25(20)16-8-2-1-3-9-16/h1-12H,13H2,(H,22,26). The van der Waals surface area contributed by atoms with Gasteiger partial charge in [0.1, 0.15) is 0 Å². The molecule has 0 radical (unpaired) electrons. The molecule has 4 aromatic rings. The molecule has 0 bridgehead atoms. The molecular formula is C20H15BrN4O2S. The third-order valence-corrected chi connectivity index (χ3v) is 5.25. The molecule has 2 aromatic carbocycles. The lowest BCUT2D eigenvalue weighted by atomic mass is 10.3. The summed E-state index contributed by atoms with van der Waals surface area (Å²) in [6.07, 6.45) is 1.59. The van der Waals surface area contributed by atoms with Gasteiger partial charge in [-0.2, -0.15) is 0 Å². The third kappa shape index (κ3) is 4.18. The van der Waals surface area contributed by atoms with Crippen LogP contribution >= 0.6 is 27.7 Å². The van der Waals surface area contributed by atoms with E-state index < -0.39 is 0 Å². The zero-order valence-electron chi connectivity index (χ0n) is 14.6. The first kappa shape index (κ1) is 18.5. The summed E-state index contributed by atoms with van der Waals surface area (Å²) in [7, 11) is 0. The molecule has 0 aliphatic rings. The first-order valence-electron chi connectivity index (χ1n) is 8.43. The van der Waals surface area contributed by atoms with E-state index in [1.54, 1.807) is 12.3 Å². The zero-order valence-corrected chi connectivity index (χ0v) is 17.0. The predicted octanol–water partition coefficient (Wildman–Crippen LogP) is 5.02.